The maximum atomic E-state index is 15.0. The first-order valence-electron chi connectivity index (χ1n) is 12.8. The van der Waals surface area contributed by atoms with Gasteiger partial charge in [0.2, 0.25) is 0 Å². The molecular formula is C27H24F4IN7O. The summed E-state index contributed by atoms with van der Waals surface area (Å²) in [6.07, 6.45) is 4.37. The summed E-state index contributed by atoms with van der Waals surface area (Å²) in [6, 6.07) is 6.64. The number of carbonyl (C=O) groups is 1. The molecule has 0 unspecified atom stereocenters. The number of carbonyl (C=O) groups excluding carboxylic acids is 1. The standard InChI is InChI=1S/C27H24F4IN7O/c28-16-3-4-19(29)17(12-16)23-2-1-6-38(23)25-5-7-39-26(35-25)22(15-33-39)34-27(40)18-13-21(31)24(14-20(18)30)36-8-10-37(32)11-9-36/h3-5,7,12-15,23H,1-2,6,8-11H2,(H,34,40)/t23-/m1/s1. The lowest BCUT2D eigenvalue weighted by Crippen LogP contribution is -2.42. The van der Waals surface area contributed by atoms with E-state index in [0.29, 0.717) is 45.0 Å². The molecule has 8 nitrogen and oxygen atoms in total. The Hall–Kier alpha value is -3.46. The number of piperazine rings is 1. The molecule has 208 valence electrons. The Balaban J connectivity index is 1.25. The third-order valence-corrected chi connectivity index (χ3v) is 8.28. The first-order chi connectivity index (χ1) is 19.3. The smallest absolute Gasteiger partial charge is 0.258 e. The SMILES string of the molecule is O=C(Nc1cnn2ccc(N3CCC[C@@H]3c3cc(F)ccc3F)nc12)c1cc(F)c(N2CCN(I)CC2)cc1F. The van der Waals surface area contributed by atoms with Gasteiger partial charge in [0.1, 0.15) is 34.8 Å². The predicted octanol–water partition coefficient (Wildman–Crippen LogP) is 5.35. The van der Waals surface area contributed by atoms with Crippen LogP contribution < -0.4 is 15.1 Å². The van der Waals surface area contributed by atoms with Gasteiger partial charge in [-0.1, -0.05) is 0 Å². The number of hydrogen-bond acceptors (Lipinski definition) is 6. The fraction of sp³-hybridized carbons (Fsp3) is 0.296. The highest BCUT2D eigenvalue weighted by Crippen LogP contribution is 2.37. The van der Waals surface area contributed by atoms with Crippen LogP contribution in [0.1, 0.15) is 34.8 Å². The normalized spacial score (nSPS) is 18.1. The number of rotatable bonds is 5. The summed E-state index contributed by atoms with van der Waals surface area (Å²) in [4.78, 5) is 21.3. The molecule has 2 aromatic heterocycles. The van der Waals surface area contributed by atoms with Gasteiger partial charge in [-0.2, -0.15) is 5.10 Å². The highest BCUT2D eigenvalue weighted by molar-refractivity contribution is 14.1. The zero-order valence-electron chi connectivity index (χ0n) is 21.1. The van der Waals surface area contributed by atoms with Gasteiger partial charge < -0.3 is 15.1 Å². The zero-order chi connectivity index (χ0) is 28.0. The number of amides is 1. The molecule has 4 heterocycles. The van der Waals surface area contributed by atoms with Gasteiger partial charge in [-0.05, 0) is 43.2 Å². The van der Waals surface area contributed by atoms with Crippen LogP contribution in [0.3, 0.4) is 0 Å². The van der Waals surface area contributed by atoms with Crippen molar-refractivity contribution in [3.63, 3.8) is 0 Å². The first kappa shape index (κ1) is 26.7. The van der Waals surface area contributed by atoms with E-state index in [0.717, 1.165) is 30.7 Å². The molecule has 13 heteroatoms. The Labute approximate surface area is 241 Å². The lowest BCUT2D eigenvalue weighted by Gasteiger charge is -2.33. The van der Waals surface area contributed by atoms with Crippen molar-refractivity contribution in [2.75, 3.05) is 47.8 Å². The molecule has 0 saturated carbocycles. The highest BCUT2D eigenvalue weighted by Gasteiger charge is 2.30. The van der Waals surface area contributed by atoms with Crippen LogP contribution in [0, 0.1) is 23.3 Å². The molecule has 0 spiro atoms. The van der Waals surface area contributed by atoms with Crippen LogP contribution >= 0.6 is 22.9 Å². The minimum Gasteiger partial charge on any atom is -0.366 e. The Morgan fingerprint density at radius 2 is 1.75 bits per heavy atom. The van der Waals surface area contributed by atoms with Gasteiger partial charge in [-0.25, -0.2) is 30.2 Å². The van der Waals surface area contributed by atoms with Gasteiger partial charge in [0.05, 0.1) is 23.5 Å². The molecule has 1 N–H and O–H groups in total. The molecular weight excluding hydrogens is 641 g/mol. The van der Waals surface area contributed by atoms with Crippen molar-refractivity contribution < 1.29 is 22.4 Å². The van der Waals surface area contributed by atoms with Gasteiger partial charge >= 0.3 is 0 Å². The molecule has 2 aromatic carbocycles. The van der Waals surface area contributed by atoms with E-state index in [-0.39, 0.29) is 22.6 Å². The number of anilines is 3. The maximum Gasteiger partial charge on any atom is 0.258 e. The number of aromatic nitrogens is 3. The van der Waals surface area contributed by atoms with E-state index in [1.54, 1.807) is 17.2 Å². The van der Waals surface area contributed by atoms with Crippen LogP contribution in [0.5, 0.6) is 0 Å². The molecule has 0 aliphatic carbocycles. The van der Waals surface area contributed by atoms with Crippen LogP contribution in [0.2, 0.25) is 0 Å². The van der Waals surface area contributed by atoms with Crippen LogP contribution in [0.25, 0.3) is 5.65 Å². The predicted molar refractivity (Wildman–Crippen MR) is 151 cm³/mol. The summed E-state index contributed by atoms with van der Waals surface area (Å²) in [7, 11) is 0. The molecule has 0 bridgehead atoms. The van der Waals surface area contributed by atoms with Crippen molar-refractivity contribution in [1.82, 2.24) is 17.7 Å². The quantitative estimate of drug-likeness (QED) is 0.176. The topological polar surface area (TPSA) is 69.0 Å². The molecule has 2 aliphatic rings. The number of fused-ring (bicyclic) bond motifs is 1. The second-order valence-corrected chi connectivity index (χ2v) is 11.1. The second kappa shape index (κ2) is 10.8. The Kier molecular flexibility index (Phi) is 7.25. The van der Waals surface area contributed by atoms with Crippen LogP contribution in [0.15, 0.2) is 48.8 Å². The van der Waals surface area contributed by atoms with Gasteiger partial charge in [0, 0.05) is 73.4 Å². The molecule has 2 saturated heterocycles. The van der Waals surface area contributed by atoms with E-state index in [1.807, 2.05) is 4.90 Å². The summed E-state index contributed by atoms with van der Waals surface area (Å²) in [5, 5.41) is 6.78. The van der Waals surface area contributed by atoms with Gasteiger partial charge in [-0.15, -0.1) is 0 Å². The van der Waals surface area contributed by atoms with Crippen molar-refractivity contribution >= 4 is 51.6 Å². The summed E-state index contributed by atoms with van der Waals surface area (Å²) in [5.74, 6) is -2.89. The number of halogens is 5. The third-order valence-electron chi connectivity index (χ3n) is 7.31. The van der Waals surface area contributed by atoms with Gasteiger partial charge in [0.25, 0.3) is 5.91 Å². The lowest BCUT2D eigenvalue weighted by molar-refractivity contribution is 0.102. The van der Waals surface area contributed by atoms with Crippen molar-refractivity contribution in [2.24, 2.45) is 0 Å². The molecule has 2 aliphatic heterocycles. The first-order valence-corrected chi connectivity index (χ1v) is 13.8. The minimum absolute atomic E-state index is 0.121. The maximum absolute atomic E-state index is 15.0. The molecule has 4 aromatic rings. The minimum atomic E-state index is -0.844. The lowest BCUT2D eigenvalue weighted by atomic mass is 10.0. The molecule has 1 atom stereocenters. The van der Waals surface area contributed by atoms with E-state index in [2.05, 4.69) is 41.4 Å². The van der Waals surface area contributed by atoms with Crippen molar-refractivity contribution in [3.05, 3.63) is 83.2 Å². The van der Waals surface area contributed by atoms with Crippen molar-refractivity contribution in [2.45, 2.75) is 18.9 Å². The van der Waals surface area contributed by atoms with E-state index >= 15 is 4.39 Å². The summed E-state index contributed by atoms with van der Waals surface area (Å²) in [6.45, 7) is 3.09. The van der Waals surface area contributed by atoms with Crippen molar-refractivity contribution in [3.8, 4) is 0 Å². The Morgan fingerprint density at radius 3 is 2.55 bits per heavy atom. The highest BCUT2D eigenvalue weighted by atomic mass is 127. The van der Waals surface area contributed by atoms with Crippen LogP contribution in [0.4, 0.5) is 34.8 Å². The number of nitrogens with one attached hydrogen (secondary N) is 1. The Morgan fingerprint density at radius 1 is 0.950 bits per heavy atom. The zero-order valence-corrected chi connectivity index (χ0v) is 23.3. The third kappa shape index (κ3) is 5.07. The average Bonchev–Trinajstić information content (AvgIpc) is 3.59. The fourth-order valence-electron chi connectivity index (χ4n) is 5.31. The molecule has 2 fully saturated rings. The summed E-state index contributed by atoms with van der Waals surface area (Å²) in [5.41, 5.74) is 0.395. The fourth-order valence-corrected chi connectivity index (χ4v) is 5.74. The van der Waals surface area contributed by atoms with Crippen LogP contribution in [-0.4, -0.2) is 56.3 Å². The number of nitrogens with zero attached hydrogens (tertiary/aromatic N) is 6. The molecule has 1 amide bonds. The second-order valence-electron chi connectivity index (χ2n) is 9.76. The van der Waals surface area contributed by atoms with Crippen LogP contribution in [-0.2, 0) is 0 Å². The average molecular weight is 665 g/mol. The van der Waals surface area contributed by atoms with Crippen molar-refractivity contribution in [1.29, 1.82) is 0 Å². The monoisotopic (exact) mass is 665 g/mol. The summed E-state index contributed by atoms with van der Waals surface area (Å²) >= 11 is 2.19. The van der Waals surface area contributed by atoms with E-state index in [9.17, 15) is 18.0 Å². The molecule has 0 radical (unpaired) electrons. The number of benzene rings is 2. The largest absolute Gasteiger partial charge is 0.366 e. The van der Waals surface area contributed by atoms with Gasteiger partial charge in [-0.3, -0.25) is 4.79 Å². The summed E-state index contributed by atoms with van der Waals surface area (Å²) < 4.78 is 61.9. The van der Waals surface area contributed by atoms with Gasteiger partial charge in [0.15, 0.2) is 5.65 Å². The Bertz CT molecular complexity index is 1590. The van der Waals surface area contributed by atoms with E-state index in [4.69, 9.17) is 0 Å². The van der Waals surface area contributed by atoms with E-state index < -0.39 is 40.8 Å². The van der Waals surface area contributed by atoms with E-state index in [1.165, 1.54) is 16.8 Å². The number of hydrogen-bond donors (Lipinski definition) is 1. The molecule has 6 rings (SSSR count). The molecule has 40 heavy (non-hydrogen) atoms.